The number of hydrogen-bond donors (Lipinski definition) is 1. The Morgan fingerprint density at radius 1 is 1.44 bits per heavy atom. The van der Waals surface area contributed by atoms with Gasteiger partial charge in [-0.2, -0.15) is 0 Å². The van der Waals surface area contributed by atoms with E-state index in [4.69, 9.17) is 17.3 Å². The van der Waals surface area contributed by atoms with Crippen molar-refractivity contribution in [2.24, 2.45) is 0 Å². The van der Waals surface area contributed by atoms with Gasteiger partial charge in [-0.25, -0.2) is 4.79 Å². The molecule has 0 spiro atoms. The summed E-state index contributed by atoms with van der Waals surface area (Å²) in [5, 5.41) is -0.742. The van der Waals surface area contributed by atoms with E-state index in [0.717, 1.165) is 0 Å². The molecule has 0 aliphatic carbocycles. The van der Waals surface area contributed by atoms with Crippen molar-refractivity contribution in [3.05, 3.63) is 29.3 Å². The average molecular weight is 242 g/mol. The van der Waals surface area contributed by atoms with Crippen molar-refractivity contribution in [2.75, 3.05) is 12.8 Å². The maximum Gasteiger partial charge on any atom is 0.338 e. The van der Waals surface area contributed by atoms with Gasteiger partial charge < -0.3 is 10.5 Å². The summed E-state index contributed by atoms with van der Waals surface area (Å²) >= 11 is 5.70. The Morgan fingerprint density at radius 3 is 2.56 bits per heavy atom. The lowest BCUT2D eigenvalue weighted by Gasteiger charge is -2.10. The summed E-state index contributed by atoms with van der Waals surface area (Å²) in [6.07, 6.45) is 0. The van der Waals surface area contributed by atoms with Crippen LogP contribution in [0, 0.1) is 0 Å². The summed E-state index contributed by atoms with van der Waals surface area (Å²) in [5.41, 5.74) is 6.15. The number of Topliss-reactive ketones (excluding diaryl/α,β-unsaturated/α-hetero) is 1. The van der Waals surface area contributed by atoms with Gasteiger partial charge in [0.05, 0.1) is 23.6 Å². The van der Waals surface area contributed by atoms with Gasteiger partial charge in [0.2, 0.25) is 0 Å². The molecule has 1 aromatic rings. The first-order chi connectivity index (χ1) is 7.49. The molecule has 0 saturated carbocycles. The zero-order valence-electron chi connectivity index (χ0n) is 8.99. The SMILES string of the molecule is COC(=O)c1cccc(N)c1C(=O)C(C)Cl. The van der Waals surface area contributed by atoms with Gasteiger partial charge in [0.15, 0.2) is 5.78 Å². The van der Waals surface area contributed by atoms with E-state index in [9.17, 15) is 9.59 Å². The van der Waals surface area contributed by atoms with Crippen LogP contribution in [0.4, 0.5) is 5.69 Å². The Balaban J connectivity index is 3.35. The number of ketones is 1. The molecular formula is C11H12ClNO3. The van der Waals surface area contributed by atoms with E-state index < -0.39 is 11.3 Å². The number of rotatable bonds is 3. The number of hydrogen-bond acceptors (Lipinski definition) is 4. The molecule has 86 valence electrons. The van der Waals surface area contributed by atoms with E-state index in [-0.39, 0.29) is 22.6 Å². The number of nitrogen functional groups attached to an aromatic ring is 1. The van der Waals surface area contributed by atoms with Crippen molar-refractivity contribution in [3.8, 4) is 0 Å². The van der Waals surface area contributed by atoms with Gasteiger partial charge in [0.1, 0.15) is 0 Å². The third-order valence-electron chi connectivity index (χ3n) is 2.11. The minimum absolute atomic E-state index is 0.122. The number of alkyl halides is 1. The van der Waals surface area contributed by atoms with Gasteiger partial charge in [-0.15, -0.1) is 11.6 Å². The minimum atomic E-state index is -0.742. The van der Waals surface area contributed by atoms with E-state index in [2.05, 4.69) is 4.74 Å². The number of carbonyl (C=O) groups is 2. The van der Waals surface area contributed by atoms with Crippen molar-refractivity contribution in [1.29, 1.82) is 0 Å². The van der Waals surface area contributed by atoms with E-state index in [1.807, 2.05) is 0 Å². The van der Waals surface area contributed by atoms with Crippen LogP contribution in [-0.4, -0.2) is 24.2 Å². The van der Waals surface area contributed by atoms with Crippen LogP contribution >= 0.6 is 11.6 Å². The standard InChI is InChI=1S/C11H12ClNO3/c1-6(12)10(14)9-7(11(15)16-2)4-3-5-8(9)13/h3-6H,13H2,1-2H3. The third-order valence-corrected chi connectivity index (χ3v) is 2.31. The Labute approximate surface area is 98.3 Å². The largest absolute Gasteiger partial charge is 0.465 e. The van der Waals surface area contributed by atoms with Crippen molar-refractivity contribution < 1.29 is 14.3 Å². The number of halogens is 1. The monoisotopic (exact) mass is 241 g/mol. The van der Waals surface area contributed by atoms with Gasteiger partial charge in [-0.1, -0.05) is 6.07 Å². The van der Waals surface area contributed by atoms with Gasteiger partial charge in [0, 0.05) is 5.69 Å². The lowest BCUT2D eigenvalue weighted by molar-refractivity contribution is 0.0597. The number of anilines is 1. The van der Waals surface area contributed by atoms with E-state index in [0.29, 0.717) is 0 Å². The maximum absolute atomic E-state index is 11.8. The van der Waals surface area contributed by atoms with Crippen LogP contribution in [-0.2, 0) is 4.74 Å². The van der Waals surface area contributed by atoms with Crippen molar-refractivity contribution in [1.82, 2.24) is 0 Å². The summed E-state index contributed by atoms with van der Waals surface area (Å²) in [6.45, 7) is 1.53. The number of esters is 1. The highest BCUT2D eigenvalue weighted by Crippen LogP contribution is 2.21. The zero-order chi connectivity index (χ0) is 12.3. The number of methoxy groups -OCH3 is 1. The highest BCUT2D eigenvalue weighted by atomic mass is 35.5. The van der Waals surface area contributed by atoms with Crippen LogP contribution in [0.1, 0.15) is 27.6 Å². The van der Waals surface area contributed by atoms with Gasteiger partial charge in [-0.05, 0) is 19.1 Å². The predicted molar refractivity (Wildman–Crippen MR) is 61.8 cm³/mol. The summed E-state index contributed by atoms with van der Waals surface area (Å²) in [4.78, 5) is 23.2. The maximum atomic E-state index is 11.8. The Bertz CT molecular complexity index is 429. The quantitative estimate of drug-likeness (QED) is 0.380. The Kier molecular flexibility index (Phi) is 3.90. The van der Waals surface area contributed by atoms with Crippen molar-refractivity contribution in [3.63, 3.8) is 0 Å². The molecule has 0 radical (unpaired) electrons. The second kappa shape index (κ2) is 4.99. The molecule has 16 heavy (non-hydrogen) atoms. The van der Waals surface area contributed by atoms with Crippen LogP contribution < -0.4 is 5.73 Å². The van der Waals surface area contributed by atoms with Crippen LogP contribution in [0.25, 0.3) is 0 Å². The van der Waals surface area contributed by atoms with Gasteiger partial charge in [-0.3, -0.25) is 4.79 Å². The molecule has 1 unspecified atom stereocenters. The summed E-state index contributed by atoms with van der Waals surface area (Å²) in [6, 6.07) is 4.60. The lowest BCUT2D eigenvalue weighted by atomic mass is 10.00. The molecule has 0 amide bonds. The highest BCUT2D eigenvalue weighted by molar-refractivity contribution is 6.35. The molecule has 1 rings (SSSR count). The zero-order valence-corrected chi connectivity index (χ0v) is 9.75. The number of ether oxygens (including phenoxy) is 1. The summed E-state index contributed by atoms with van der Waals surface area (Å²) in [5.74, 6) is -0.992. The fraction of sp³-hybridized carbons (Fsp3) is 0.273. The van der Waals surface area contributed by atoms with Crippen LogP contribution in [0.3, 0.4) is 0 Å². The first-order valence-corrected chi connectivity index (χ1v) is 5.07. The summed E-state index contributed by atoms with van der Waals surface area (Å²) < 4.78 is 4.57. The molecule has 0 bridgehead atoms. The number of carbonyl (C=O) groups excluding carboxylic acids is 2. The molecule has 2 N–H and O–H groups in total. The van der Waals surface area contributed by atoms with E-state index in [1.165, 1.54) is 20.1 Å². The highest BCUT2D eigenvalue weighted by Gasteiger charge is 2.22. The fourth-order valence-electron chi connectivity index (χ4n) is 1.32. The first-order valence-electron chi connectivity index (χ1n) is 4.64. The average Bonchev–Trinajstić information content (AvgIpc) is 2.26. The molecule has 5 heteroatoms. The molecule has 1 atom stereocenters. The summed E-state index contributed by atoms with van der Waals surface area (Å²) in [7, 11) is 1.24. The van der Waals surface area contributed by atoms with Crippen LogP contribution in [0.15, 0.2) is 18.2 Å². The molecule has 0 aromatic heterocycles. The third kappa shape index (κ3) is 2.33. The van der Waals surface area contributed by atoms with Crippen LogP contribution in [0.5, 0.6) is 0 Å². The van der Waals surface area contributed by atoms with Crippen molar-refractivity contribution in [2.45, 2.75) is 12.3 Å². The number of benzene rings is 1. The normalized spacial score (nSPS) is 11.9. The van der Waals surface area contributed by atoms with E-state index >= 15 is 0 Å². The molecule has 0 aliphatic heterocycles. The van der Waals surface area contributed by atoms with Crippen molar-refractivity contribution >= 4 is 29.0 Å². The number of nitrogens with two attached hydrogens (primary N) is 1. The molecule has 0 fully saturated rings. The Morgan fingerprint density at radius 2 is 2.06 bits per heavy atom. The topological polar surface area (TPSA) is 69.4 Å². The molecule has 1 aromatic carbocycles. The lowest BCUT2D eigenvalue weighted by Crippen LogP contribution is -2.18. The molecule has 0 saturated heterocycles. The Hall–Kier alpha value is -1.55. The molecule has 0 heterocycles. The van der Waals surface area contributed by atoms with Crippen LogP contribution in [0.2, 0.25) is 0 Å². The second-order valence-corrected chi connectivity index (χ2v) is 3.90. The second-order valence-electron chi connectivity index (χ2n) is 3.24. The van der Waals surface area contributed by atoms with Gasteiger partial charge in [0.25, 0.3) is 0 Å². The van der Waals surface area contributed by atoms with Gasteiger partial charge >= 0.3 is 5.97 Å². The first kappa shape index (κ1) is 12.5. The molecule has 0 aliphatic rings. The smallest absolute Gasteiger partial charge is 0.338 e. The fourth-order valence-corrected chi connectivity index (χ4v) is 1.43. The predicted octanol–water partition coefficient (Wildman–Crippen LogP) is 1.87. The molecule has 4 nitrogen and oxygen atoms in total. The van der Waals surface area contributed by atoms with E-state index in [1.54, 1.807) is 12.1 Å². The minimum Gasteiger partial charge on any atom is -0.465 e. The molecular weight excluding hydrogens is 230 g/mol.